The molecule has 3 rings (SSSR count). The Kier molecular flexibility index (Phi) is 5.38. The Morgan fingerprint density at radius 1 is 0.962 bits per heavy atom. The fourth-order valence-corrected chi connectivity index (χ4v) is 2.09. The second-order valence-electron chi connectivity index (χ2n) is 5.27. The summed E-state index contributed by atoms with van der Waals surface area (Å²) in [6, 6.07) is 21.4. The van der Waals surface area contributed by atoms with Crippen LogP contribution in [0.1, 0.15) is 5.56 Å². The molecule has 0 atom stereocenters. The number of rotatable bonds is 6. The van der Waals surface area contributed by atoms with E-state index in [1.54, 1.807) is 48.5 Å². The van der Waals surface area contributed by atoms with Crippen molar-refractivity contribution in [3.05, 3.63) is 72.3 Å². The van der Waals surface area contributed by atoms with E-state index in [4.69, 9.17) is 10.00 Å². The number of para-hydroxylation sites is 1. The van der Waals surface area contributed by atoms with E-state index in [1.165, 1.54) is 0 Å². The number of anilines is 3. The number of carbonyl (C=O) groups is 1. The molecule has 0 aliphatic heterocycles. The van der Waals surface area contributed by atoms with Crippen LogP contribution in [0.3, 0.4) is 0 Å². The average Bonchev–Trinajstić information content (AvgIpc) is 2.69. The summed E-state index contributed by atoms with van der Waals surface area (Å²) in [4.78, 5) is 11.9. The topological polar surface area (TPSA) is 99.9 Å². The molecule has 128 valence electrons. The predicted octanol–water partition coefficient (Wildman–Crippen LogP) is 3.11. The third-order valence-corrected chi connectivity index (χ3v) is 3.33. The molecule has 7 nitrogen and oxygen atoms in total. The van der Waals surface area contributed by atoms with Crippen LogP contribution < -0.4 is 15.4 Å². The highest BCUT2D eigenvalue weighted by atomic mass is 16.5. The van der Waals surface area contributed by atoms with Crippen LogP contribution in [-0.2, 0) is 4.79 Å². The molecule has 0 saturated carbocycles. The maximum absolute atomic E-state index is 11.9. The normalized spacial score (nSPS) is 9.81. The van der Waals surface area contributed by atoms with Crippen LogP contribution in [0.15, 0.2) is 66.7 Å². The van der Waals surface area contributed by atoms with Crippen molar-refractivity contribution in [2.24, 2.45) is 0 Å². The van der Waals surface area contributed by atoms with Gasteiger partial charge in [0, 0.05) is 5.69 Å². The van der Waals surface area contributed by atoms with Crippen LogP contribution in [0.25, 0.3) is 0 Å². The lowest BCUT2D eigenvalue weighted by Gasteiger charge is -2.08. The molecule has 7 heteroatoms. The summed E-state index contributed by atoms with van der Waals surface area (Å²) in [5.41, 5.74) is 1.36. The minimum Gasteiger partial charge on any atom is -0.484 e. The van der Waals surface area contributed by atoms with Crippen LogP contribution in [0.2, 0.25) is 0 Å². The fourth-order valence-electron chi connectivity index (χ4n) is 2.09. The minimum atomic E-state index is -0.323. The summed E-state index contributed by atoms with van der Waals surface area (Å²) in [5, 5.41) is 22.4. The Labute approximate surface area is 150 Å². The molecule has 2 aromatic carbocycles. The molecule has 26 heavy (non-hydrogen) atoms. The van der Waals surface area contributed by atoms with Gasteiger partial charge < -0.3 is 15.4 Å². The molecule has 2 N–H and O–H groups in total. The zero-order valence-corrected chi connectivity index (χ0v) is 13.7. The van der Waals surface area contributed by atoms with E-state index >= 15 is 0 Å². The molecule has 0 spiro atoms. The number of ether oxygens (including phenoxy) is 1. The number of carbonyl (C=O) groups excluding carboxylic acids is 1. The summed E-state index contributed by atoms with van der Waals surface area (Å²) < 4.78 is 5.37. The van der Waals surface area contributed by atoms with Crippen molar-refractivity contribution >= 4 is 23.2 Å². The summed E-state index contributed by atoms with van der Waals surface area (Å²) in [6.07, 6.45) is 0. The van der Waals surface area contributed by atoms with E-state index < -0.39 is 0 Å². The molecule has 1 heterocycles. The van der Waals surface area contributed by atoms with Crippen molar-refractivity contribution in [3.8, 4) is 11.8 Å². The first-order valence-corrected chi connectivity index (χ1v) is 7.81. The van der Waals surface area contributed by atoms with Gasteiger partial charge in [-0.05, 0) is 48.5 Å². The zero-order chi connectivity index (χ0) is 18.2. The lowest BCUT2D eigenvalue weighted by Crippen LogP contribution is -2.21. The molecule has 0 aliphatic rings. The van der Waals surface area contributed by atoms with Gasteiger partial charge >= 0.3 is 0 Å². The van der Waals surface area contributed by atoms with E-state index in [0.717, 1.165) is 5.69 Å². The van der Waals surface area contributed by atoms with Crippen LogP contribution in [0.5, 0.6) is 5.75 Å². The molecule has 1 aromatic heterocycles. The van der Waals surface area contributed by atoms with Gasteiger partial charge in [-0.25, -0.2) is 0 Å². The Bertz CT molecular complexity index is 903. The molecular weight excluding hydrogens is 330 g/mol. The summed E-state index contributed by atoms with van der Waals surface area (Å²) in [6.45, 7) is -0.114. The molecule has 0 radical (unpaired) electrons. The minimum absolute atomic E-state index is 0.114. The highest BCUT2D eigenvalue weighted by molar-refractivity contribution is 5.90. The molecule has 0 unspecified atom stereocenters. The number of aromatic nitrogens is 2. The first-order valence-electron chi connectivity index (χ1n) is 7.81. The number of nitrogens with one attached hydrogen (secondary N) is 2. The Morgan fingerprint density at radius 2 is 1.65 bits per heavy atom. The predicted molar refractivity (Wildman–Crippen MR) is 97.0 cm³/mol. The number of amides is 1. The van der Waals surface area contributed by atoms with Crippen LogP contribution >= 0.6 is 0 Å². The smallest absolute Gasteiger partial charge is 0.263 e. The third kappa shape index (κ3) is 4.79. The zero-order valence-electron chi connectivity index (χ0n) is 13.7. The van der Waals surface area contributed by atoms with Crippen molar-refractivity contribution in [1.29, 1.82) is 5.26 Å². The summed E-state index contributed by atoms with van der Waals surface area (Å²) in [7, 11) is 0. The van der Waals surface area contributed by atoms with Crippen molar-refractivity contribution in [1.82, 2.24) is 10.2 Å². The lowest BCUT2D eigenvalue weighted by molar-refractivity contribution is -0.118. The molecule has 0 aliphatic carbocycles. The Hall–Kier alpha value is -3.92. The average molecular weight is 345 g/mol. The maximum atomic E-state index is 11.9. The van der Waals surface area contributed by atoms with Gasteiger partial charge in [0.25, 0.3) is 5.91 Å². The van der Waals surface area contributed by atoms with Crippen molar-refractivity contribution < 1.29 is 9.53 Å². The van der Waals surface area contributed by atoms with E-state index in [9.17, 15) is 4.79 Å². The lowest BCUT2D eigenvalue weighted by atomic mass is 10.2. The molecule has 1 amide bonds. The number of nitriles is 1. The van der Waals surface area contributed by atoms with E-state index in [1.807, 2.05) is 18.2 Å². The largest absolute Gasteiger partial charge is 0.484 e. The number of benzene rings is 2. The first kappa shape index (κ1) is 16.9. The van der Waals surface area contributed by atoms with Gasteiger partial charge in [-0.15, -0.1) is 10.2 Å². The first-order chi connectivity index (χ1) is 12.7. The van der Waals surface area contributed by atoms with Gasteiger partial charge in [0.2, 0.25) is 0 Å². The van der Waals surface area contributed by atoms with Crippen LogP contribution in [-0.4, -0.2) is 22.7 Å². The highest BCUT2D eigenvalue weighted by Gasteiger charge is 2.05. The fraction of sp³-hybridized carbons (Fsp3) is 0.0526. The van der Waals surface area contributed by atoms with Gasteiger partial charge in [-0.1, -0.05) is 18.2 Å². The summed E-state index contributed by atoms with van der Waals surface area (Å²) in [5.74, 6) is 1.15. The number of hydrogen-bond acceptors (Lipinski definition) is 6. The van der Waals surface area contributed by atoms with Gasteiger partial charge in [-0.2, -0.15) is 5.26 Å². The van der Waals surface area contributed by atoms with Gasteiger partial charge in [0.1, 0.15) is 5.75 Å². The molecule has 3 aromatic rings. The monoisotopic (exact) mass is 345 g/mol. The number of nitrogens with zero attached hydrogens (tertiary/aromatic N) is 3. The van der Waals surface area contributed by atoms with Crippen molar-refractivity contribution in [2.45, 2.75) is 0 Å². The molecule has 0 fully saturated rings. The highest BCUT2D eigenvalue weighted by Crippen LogP contribution is 2.15. The van der Waals surface area contributed by atoms with Gasteiger partial charge in [0.15, 0.2) is 18.2 Å². The van der Waals surface area contributed by atoms with E-state index in [2.05, 4.69) is 26.9 Å². The van der Waals surface area contributed by atoms with Crippen LogP contribution in [0.4, 0.5) is 17.3 Å². The SMILES string of the molecule is N#Cc1ccc(Nc2ccc(NC(=O)COc3ccccc3)nn2)cc1. The van der Waals surface area contributed by atoms with Crippen molar-refractivity contribution in [3.63, 3.8) is 0 Å². The number of hydrogen-bond donors (Lipinski definition) is 2. The Morgan fingerprint density at radius 3 is 2.31 bits per heavy atom. The van der Waals surface area contributed by atoms with Crippen LogP contribution in [0, 0.1) is 11.3 Å². The van der Waals surface area contributed by atoms with Gasteiger partial charge in [-0.3, -0.25) is 4.79 Å². The standard InChI is InChI=1S/C19H15N5O2/c20-12-14-6-8-15(9-7-14)21-17-10-11-18(24-23-17)22-19(25)13-26-16-4-2-1-3-5-16/h1-11H,13H2,(H,21,23)(H,22,24,25). The second kappa shape index (κ2) is 8.26. The molecule has 0 saturated heterocycles. The summed E-state index contributed by atoms with van der Waals surface area (Å²) >= 11 is 0. The van der Waals surface area contributed by atoms with E-state index in [-0.39, 0.29) is 12.5 Å². The quantitative estimate of drug-likeness (QED) is 0.712. The third-order valence-electron chi connectivity index (χ3n) is 3.33. The molecular formula is C19H15N5O2. The van der Waals surface area contributed by atoms with Crippen molar-refractivity contribution in [2.75, 3.05) is 17.2 Å². The molecule has 0 bridgehead atoms. The maximum Gasteiger partial charge on any atom is 0.263 e. The van der Waals surface area contributed by atoms with Gasteiger partial charge in [0.05, 0.1) is 11.6 Å². The van der Waals surface area contributed by atoms with E-state index in [0.29, 0.717) is 22.9 Å². The second-order valence-corrected chi connectivity index (χ2v) is 5.27. The Balaban J connectivity index is 1.52.